The number of anilines is 1. The number of rotatable bonds is 4. The minimum absolute atomic E-state index is 0.252. The van der Waals surface area contributed by atoms with E-state index in [1.807, 2.05) is 13.8 Å². The summed E-state index contributed by atoms with van der Waals surface area (Å²) in [5.74, 6) is 0.433. The molecule has 5 nitrogen and oxygen atoms in total. The van der Waals surface area contributed by atoms with Crippen LogP contribution in [0.3, 0.4) is 0 Å². The van der Waals surface area contributed by atoms with Gasteiger partial charge in [-0.1, -0.05) is 11.3 Å². The van der Waals surface area contributed by atoms with Crippen molar-refractivity contribution in [3.8, 4) is 0 Å². The van der Waals surface area contributed by atoms with E-state index >= 15 is 0 Å². The Hall–Kier alpha value is -1.14. The third-order valence-corrected chi connectivity index (χ3v) is 5.75. The number of esters is 1. The fraction of sp³-hybridized carbons (Fsp3) is 0.750. The Morgan fingerprint density at radius 1 is 1.41 bits per heavy atom. The van der Waals surface area contributed by atoms with E-state index in [4.69, 9.17) is 9.47 Å². The summed E-state index contributed by atoms with van der Waals surface area (Å²) in [4.78, 5) is 19.4. The summed E-state index contributed by atoms with van der Waals surface area (Å²) in [6.45, 7) is 7.04. The van der Waals surface area contributed by atoms with E-state index in [0.717, 1.165) is 43.4 Å². The molecule has 3 rings (SSSR count). The molecule has 2 saturated heterocycles. The summed E-state index contributed by atoms with van der Waals surface area (Å²) < 4.78 is 10.9. The van der Waals surface area contributed by atoms with E-state index in [-0.39, 0.29) is 5.97 Å². The van der Waals surface area contributed by atoms with Crippen LogP contribution in [0.2, 0.25) is 0 Å². The van der Waals surface area contributed by atoms with Crippen molar-refractivity contribution in [3.05, 3.63) is 10.6 Å². The number of thiazole rings is 1. The molecule has 1 unspecified atom stereocenters. The topological polar surface area (TPSA) is 51.7 Å². The number of nitrogens with zero attached hydrogens (tertiary/aromatic N) is 2. The first-order chi connectivity index (χ1) is 10.7. The number of aromatic nitrogens is 1. The van der Waals surface area contributed by atoms with E-state index in [0.29, 0.717) is 23.5 Å². The molecule has 0 amide bonds. The number of carbonyl (C=O) groups is 1. The molecule has 0 aliphatic carbocycles. The molecule has 0 bridgehead atoms. The number of carbonyl (C=O) groups excluding carboxylic acids is 1. The molecule has 122 valence electrons. The molecule has 3 heterocycles. The van der Waals surface area contributed by atoms with E-state index in [2.05, 4.69) is 9.88 Å². The van der Waals surface area contributed by atoms with Crippen molar-refractivity contribution >= 4 is 22.4 Å². The van der Waals surface area contributed by atoms with Crippen molar-refractivity contribution < 1.29 is 14.3 Å². The summed E-state index contributed by atoms with van der Waals surface area (Å²) >= 11 is 1.46. The molecule has 0 spiro atoms. The fourth-order valence-electron chi connectivity index (χ4n) is 3.34. The van der Waals surface area contributed by atoms with Gasteiger partial charge < -0.3 is 14.4 Å². The van der Waals surface area contributed by atoms with Crippen LogP contribution in [0.25, 0.3) is 0 Å². The summed E-state index contributed by atoms with van der Waals surface area (Å²) in [7, 11) is 0. The molecular weight excluding hydrogens is 300 g/mol. The molecule has 22 heavy (non-hydrogen) atoms. The molecular formula is C16H24N2O3S. The zero-order chi connectivity index (χ0) is 15.5. The van der Waals surface area contributed by atoms with Crippen LogP contribution in [-0.4, -0.2) is 43.4 Å². The molecule has 2 aliphatic rings. The monoisotopic (exact) mass is 324 g/mol. The highest BCUT2D eigenvalue weighted by Gasteiger charge is 2.30. The number of aryl methyl sites for hydroxylation is 1. The normalized spacial score (nSPS) is 23.0. The Labute approximate surface area is 135 Å². The molecule has 2 aliphatic heterocycles. The summed E-state index contributed by atoms with van der Waals surface area (Å²) in [6.07, 6.45) is 5.19. The van der Waals surface area contributed by atoms with Crippen molar-refractivity contribution in [1.29, 1.82) is 0 Å². The third-order valence-electron chi connectivity index (χ3n) is 4.55. The van der Waals surface area contributed by atoms with Gasteiger partial charge >= 0.3 is 5.97 Å². The highest BCUT2D eigenvalue weighted by Crippen LogP contribution is 2.33. The summed E-state index contributed by atoms with van der Waals surface area (Å²) in [5, 5.41) is 0.950. The molecule has 0 N–H and O–H groups in total. The smallest absolute Gasteiger partial charge is 0.350 e. The van der Waals surface area contributed by atoms with E-state index in [1.165, 1.54) is 24.2 Å². The average molecular weight is 324 g/mol. The number of hydrogen-bond donors (Lipinski definition) is 0. The SMILES string of the molecule is CCOC(=O)c1sc(N2CCC(C3CCCO3)CC2)nc1C. The second-order valence-electron chi connectivity index (χ2n) is 6.01. The molecule has 0 saturated carbocycles. The largest absolute Gasteiger partial charge is 0.462 e. The quantitative estimate of drug-likeness (QED) is 0.797. The summed E-state index contributed by atoms with van der Waals surface area (Å²) in [6, 6.07) is 0. The Morgan fingerprint density at radius 3 is 2.82 bits per heavy atom. The predicted molar refractivity (Wildman–Crippen MR) is 86.7 cm³/mol. The second kappa shape index (κ2) is 6.96. The van der Waals surface area contributed by atoms with E-state index in [9.17, 15) is 4.79 Å². The second-order valence-corrected chi connectivity index (χ2v) is 6.98. The number of ether oxygens (including phenoxy) is 2. The van der Waals surface area contributed by atoms with E-state index < -0.39 is 0 Å². The first kappa shape index (κ1) is 15.7. The lowest BCUT2D eigenvalue weighted by Crippen LogP contribution is -2.37. The van der Waals surface area contributed by atoms with E-state index in [1.54, 1.807) is 0 Å². The highest BCUT2D eigenvalue weighted by atomic mass is 32.1. The fourth-order valence-corrected chi connectivity index (χ4v) is 4.35. The van der Waals surface area contributed by atoms with Gasteiger partial charge in [-0.2, -0.15) is 0 Å². The zero-order valence-electron chi connectivity index (χ0n) is 13.3. The van der Waals surface area contributed by atoms with Crippen LogP contribution in [0.5, 0.6) is 0 Å². The number of hydrogen-bond acceptors (Lipinski definition) is 6. The Bertz CT molecular complexity index is 517. The van der Waals surface area contributed by atoms with Crippen molar-refractivity contribution in [2.45, 2.75) is 45.6 Å². The Kier molecular flexibility index (Phi) is 4.98. The Balaban J connectivity index is 1.61. The van der Waals surface area contributed by atoms with Crippen molar-refractivity contribution in [2.75, 3.05) is 31.2 Å². The third kappa shape index (κ3) is 3.27. The van der Waals surface area contributed by atoms with Crippen LogP contribution < -0.4 is 4.90 Å². The minimum atomic E-state index is -0.252. The average Bonchev–Trinajstić information content (AvgIpc) is 3.17. The summed E-state index contributed by atoms with van der Waals surface area (Å²) in [5.41, 5.74) is 0.777. The van der Waals surface area contributed by atoms with Crippen molar-refractivity contribution in [1.82, 2.24) is 4.98 Å². The van der Waals surface area contributed by atoms with Crippen molar-refractivity contribution in [2.24, 2.45) is 5.92 Å². The standard InChI is InChI=1S/C16H24N2O3S/c1-3-20-15(19)14-11(2)17-16(22-14)18-8-6-12(7-9-18)13-5-4-10-21-13/h12-13H,3-10H2,1-2H3. The van der Waals surface area contributed by atoms with Crippen LogP contribution in [-0.2, 0) is 9.47 Å². The molecule has 1 aromatic rings. The zero-order valence-corrected chi connectivity index (χ0v) is 14.2. The van der Waals surface area contributed by atoms with Gasteiger partial charge in [-0.25, -0.2) is 9.78 Å². The minimum Gasteiger partial charge on any atom is -0.462 e. The van der Waals surface area contributed by atoms with Crippen LogP contribution in [0.1, 0.15) is 48.0 Å². The predicted octanol–water partition coefficient (Wildman–Crippen LogP) is 3.02. The highest BCUT2D eigenvalue weighted by molar-refractivity contribution is 7.17. The van der Waals surface area contributed by atoms with Gasteiger partial charge in [0.15, 0.2) is 5.13 Å². The molecule has 6 heteroatoms. The molecule has 0 radical (unpaired) electrons. The maximum Gasteiger partial charge on any atom is 0.350 e. The molecule has 1 aromatic heterocycles. The van der Waals surface area contributed by atoms with Gasteiger partial charge in [-0.3, -0.25) is 0 Å². The van der Waals surface area contributed by atoms with Crippen LogP contribution in [0.15, 0.2) is 0 Å². The lowest BCUT2D eigenvalue weighted by molar-refractivity contribution is 0.0528. The van der Waals surface area contributed by atoms with Gasteiger partial charge in [0.25, 0.3) is 0 Å². The van der Waals surface area contributed by atoms with Gasteiger partial charge in [-0.05, 0) is 45.4 Å². The molecule has 0 aromatic carbocycles. The maximum absolute atomic E-state index is 11.9. The van der Waals surface area contributed by atoms with Crippen LogP contribution >= 0.6 is 11.3 Å². The molecule has 1 atom stereocenters. The van der Waals surface area contributed by atoms with Gasteiger partial charge in [-0.15, -0.1) is 0 Å². The van der Waals surface area contributed by atoms with Crippen LogP contribution in [0, 0.1) is 12.8 Å². The van der Waals surface area contributed by atoms with Gasteiger partial charge in [0, 0.05) is 19.7 Å². The van der Waals surface area contributed by atoms with Crippen LogP contribution in [0.4, 0.5) is 5.13 Å². The lowest BCUT2D eigenvalue weighted by atomic mass is 9.90. The molecule has 2 fully saturated rings. The Morgan fingerprint density at radius 2 is 2.18 bits per heavy atom. The first-order valence-electron chi connectivity index (χ1n) is 8.20. The van der Waals surface area contributed by atoms with Crippen molar-refractivity contribution in [3.63, 3.8) is 0 Å². The van der Waals surface area contributed by atoms with Gasteiger partial charge in [0.05, 0.1) is 18.4 Å². The van der Waals surface area contributed by atoms with Gasteiger partial charge in [0.1, 0.15) is 4.88 Å². The lowest BCUT2D eigenvalue weighted by Gasteiger charge is -2.34. The van der Waals surface area contributed by atoms with Gasteiger partial charge in [0.2, 0.25) is 0 Å². The number of piperidine rings is 1. The first-order valence-corrected chi connectivity index (χ1v) is 9.01. The maximum atomic E-state index is 11.9.